The Morgan fingerprint density at radius 2 is 2.12 bits per heavy atom. The minimum atomic E-state index is -4.62. The maximum atomic E-state index is 13.5. The van der Waals surface area contributed by atoms with Crippen molar-refractivity contribution < 1.29 is 22.7 Å². The fourth-order valence-electron chi connectivity index (χ4n) is 3.46. The second kappa shape index (κ2) is 6.28. The first kappa shape index (κ1) is 18.7. The number of alkyl halides is 3. The number of nitrogens with zero attached hydrogens (tertiary/aromatic N) is 2. The second-order valence-corrected chi connectivity index (χ2v) is 6.95. The predicted octanol–water partition coefficient (Wildman–Crippen LogP) is 3.49. The van der Waals surface area contributed by atoms with Crippen molar-refractivity contribution in [1.29, 1.82) is 0 Å². The van der Waals surface area contributed by atoms with Gasteiger partial charge in [0.1, 0.15) is 11.3 Å². The van der Waals surface area contributed by atoms with Crippen LogP contribution >= 0.6 is 11.6 Å². The van der Waals surface area contributed by atoms with Gasteiger partial charge in [-0.2, -0.15) is 13.2 Å². The number of hydrogen-bond acceptors (Lipinski definition) is 5. The summed E-state index contributed by atoms with van der Waals surface area (Å²) in [6, 6.07) is 5.09. The number of benzene rings is 1. The van der Waals surface area contributed by atoms with E-state index in [4.69, 9.17) is 16.3 Å². The average Bonchev–Trinajstić information content (AvgIpc) is 2.84. The first-order chi connectivity index (χ1) is 12.1. The summed E-state index contributed by atoms with van der Waals surface area (Å²) >= 11 is 5.89. The molecule has 0 aliphatic carbocycles. The fraction of sp³-hybridized carbons (Fsp3) is 0.412. The lowest BCUT2D eigenvalue weighted by atomic mass is 9.91. The number of hydrogen-bond donors (Lipinski definition) is 1. The number of carbonyl (C=O) groups is 1. The van der Waals surface area contributed by atoms with Crippen LogP contribution in [0, 0.1) is 0 Å². The topological polar surface area (TPSA) is 53.9 Å². The van der Waals surface area contributed by atoms with E-state index in [-0.39, 0.29) is 11.7 Å². The summed E-state index contributed by atoms with van der Waals surface area (Å²) < 4.78 is 45.2. The standard InChI is InChI=1S/C17H17ClF3N3O2/c1-16(2)11-6-4-5-9(15(25)26-3)10(11)8-24(16)14-13(17(19,20)21)22-7-12(18)23-14/h4-7,14,23H,8H2,1-3H3. The summed E-state index contributed by atoms with van der Waals surface area (Å²) in [6.45, 7) is 3.70. The summed E-state index contributed by atoms with van der Waals surface area (Å²) in [7, 11) is 1.27. The molecule has 0 saturated heterocycles. The molecule has 0 bridgehead atoms. The van der Waals surface area contributed by atoms with E-state index in [9.17, 15) is 18.0 Å². The molecule has 1 aromatic rings. The van der Waals surface area contributed by atoms with Gasteiger partial charge in [-0.15, -0.1) is 0 Å². The second-order valence-electron chi connectivity index (χ2n) is 6.55. The Balaban J connectivity index is 2.06. The number of esters is 1. The molecule has 0 radical (unpaired) electrons. The van der Waals surface area contributed by atoms with Crippen LogP contribution in [0.2, 0.25) is 0 Å². The molecule has 26 heavy (non-hydrogen) atoms. The molecular weight excluding hydrogens is 371 g/mol. The van der Waals surface area contributed by atoms with E-state index in [2.05, 4.69) is 10.3 Å². The Morgan fingerprint density at radius 1 is 1.42 bits per heavy atom. The SMILES string of the molecule is COC(=O)c1cccc2c1CN(C1NC(Cl)=CN=C1C(F)(F)F)C2(C)C. The molecule has 1 N–H and O–H groups in total. The highest BCUT2D eigenvalue weighted by atomic mass is 35.5. The number of fused-ring (bicyclic) bond motifs is 1. The zero-order valence-electron chi connectivity index (χ0n) is 14.3. The number of nitrogens with one attached hydrogen (secondary N) is 1. The van der Waals surface area contributed by atoms with E-state index < -0.39 is 29.6 Å². The number of carbonyl (C=O) groups excluding carboxylic acids is 1. The number of methoxy groups -OCH3 is 1. The summed E-state index contributed by atoms with van der Waals surface area (Å²) in [5.74, 6) is -0.529. The largest absolute Gasteiger partial charge is 0.465 e. The molecule has 5 nitrogen and oxygen atoms in total. The van der Waals surface area contributed by atoms with Gasteiger partial charge >= 0.3 is 12.1 Å². The molecule has 2 aliphatic rings. The van der Waals surface area contributed by atoms with Crippen molar-refractivity contribution in [2.24, 2.45) is 4.99 Å². The van der Waals surface area contributed by atoms with E-state index >= 15 is 0 Å². The lowest BCUT2D eigenvalue weighted by molar-refractivity contribution is -0.0681. The van der Waals surface area contributed by atoms with E-state index in [1.807, 2.05) is 0 Å². The minimum Gasteiger partial charge on any atom is -0.465 e. The monoisotopic (exact) mass is 387 g/mol. The molecule has 2 heterocycles. The van der Waals surface area contributed by atoms with Crippen LogP contribution in [0.5, 0.6) is 0 Å². The van der Waals surface area contributed by atoms with Gasteiger partial charge in [-0.05, 0) is 31.0 Å². The molecule has 0 amide bonds. The van der Waals surface area contributed by atoms with E-state index in [1.54, 1.807) is 36.9 Å². The van der Waals surface area contributed by atoms with Crippen LogP contribution in [0.25, 0.3) is 0 Å². The third-order valence-electron chi connectivity index (χ3n) is 4.74. The Bertz CT molecular complexity index is 818. The maximum absolute atomic E-state index is 13.5. The van der Waals surface area contributed by atoms with Crippen molar-refractivity contribution in [2.75, 3.05) is 7.11 Å². The van der Waals surface area contributed by atoms with Crippen molar-refractivity contribution >= 4 is 23.3 Å². The molecule has 0 saturated carbocycles. The van der Waals surface area contributed by atoms with Gasteiger partial charge in [-0.25, -0.2) is 9.79 Å². The van der Waals surface area contributed by atoms with Crippen molar-refractivity contribution in [3.63, 3.8) is 0 Å². The molecule has 0 aromatic heterocycles. The molecule has 9 heteroatoms. The minimum absolute atomic E-state index is 0.0166. The molecule has 0 fully saturated rings. The van der Waals surface area contributed by atoms with Crippen molar-refractivity contribution in [3.05, 3.63) is 46.2 Å². The Morgan fingerprint density at radius 3 is 2.73 bits per heavy atom. The van der Waals surface area contributed by atoms with Crippen molar-refractivity contribution in [2.45, 2.75) is 38.3 Å². The summed E-state index contributed by atoms with van der Waals surface area (Å²) in [5.41, 5.74) is -0.0453. The number of rotatable bonds is 2. The molecule has 140 valence electrons. The zero-order chi connectivity index (χ0) is 19.3. The van der Waals surface area contributed by atoms with E-state index in [0.29, 0.717) is 11.1 Å². The quantitative estimate of drug-likeness (QED) is 0.623. The van der Waals surface area contributed by atoms with Crippen LogP contribution < -0.4 is 5.32 Å². The van der Waals surface area contributed by atoms with Gasteiger partial charge < -0.3 is 10.1 Å². The van der Waals surface area contributed by atoms with E-state index in [1.165, 1.54) is 7.11 Å². The molecule has 0 spiro atoms. The molecule has 1 atom stereocenters. The Labute approximate surface area is 153 Å². The van der Waals surface area contributed by atoms with Gasteiger partial charge in [0, 0.05) is 12.1 Å². The van der Waals surface area contributed by atoms with Crippen LogP contribution in [0.4, 0.5) is 13.2 Å². The fourth-order valence-corrected chi connectivity index (χ4v) is 3.61. The van der Waals surface area contributed by atoms with Gasteiger partial charge in [0.25, 0.3) is 0 Å². The van der Waals surface area contributed by atoms with Crippen LogP contribution in [0.15, 0.2) is 34.5 Å². The maximum Gasteiger partial charge on any atom is 0.432 e. The van der Waals surface area contributed by atoms with E-state index in [0.717, 1.165) is 11.8 Å². The third-order valence-corrected chi connectivity index (χ3v) is 4.95. The zero-order valence-corrected chi connectivity index (χ0v) is 15.1. The van der Waals surface area contributed by atoms with Gasteiger partial charge in [-0.3, -0.25) is 4.90 Å². The van der Waals surface area contributed by atoms with Gasteiger partial charge in [-0.1, -0.05) is 23.7 Å². The summed E-state index contributed by atoms with van der Waals surface area (Å²) in [5, 5.41) is 2.67. The van der Waals surface area contributed by atoms with Crippen molar-refractivity contribution in [1.82, 2.24) is 10.2 Å². The van der Waals surface area contributed by atoms with Crippen LogP contribution in [0.3, 0.4) is 0 Å². The van der Waals surface area contributed by atoms with Crippen LogP contribution in [0.1, 0.15) is 35.3 Å². The summed E-state index contributed by atoms with van der Waals surface area (Å²) in [4.78, 5) is 17.2. The number of ether oxygens (including phenoxy) is 1. The van der Waals surface area contributed by atoms with Crippen LogP contribution in [-0.2, 0) is 16.8 Å². The third kappa shape index (κ3) is 2.97. The first-order valence-corrected chi connectivity index (χ1v) is 8.19. The summed E-state index contributed by atoms with van der Waals surface area (Å²) in [6.07, 6.45) is -4.96. The average molecular weight is 388 g/mol. The molecule has 1 unspecified atom stereocenters. The normalized spacial score (nSPS) is 22.2. The smallest absolute Gasteiger partial charge is 0.432 e. The van der Waals surface area contributed by atoms with Gasteiger partial charge in [0.2, 0.25) is 0 Å². The first-order valence-electron chi connectivity index (χ1n) is 7.82. The lowest BCUT2D eigenvalue weighted by Gasteiger charge is -2.40. The molecule has 3 rings (SSSR count). The van der Waals surface area contributed by atoms with Crippen molar-refractivity contribution in [3.8, 4) is 0 Å². The Hall–Kier alpha value is -2.06. The lowest BCUT2D eigenvalue weighted by Crippen LogP contribution is -2.58. The molecule has 1 aromatic carbocycles. The highest BCUT2D eigenvalue weighted by Crippen LogP contribution is 2.43. The van der Waals surface area contributed by atoms with Gasteiger partial charge in [0.05, 0.1) is 18.9 Å². The number of halogens is 4. The highest BCUT2D eigenvalue weighted by Gasteiger charge is 2.50. The predicted molar refractivity (Wildman–Crippen MR) is 90.7 cm³/mol. The number of aliphatic imine (C=N–C) groups is 1. The Kier molecular flexibility index (Phi) is 4.52. The molecule has 2 aliphatic heterocycles. The highest BCUT2D eigenvalue weighted by molar-refractivity contribution is 6.29. The molecular formula is C17H17ClF3N3O2. The van der Waals surface area contributed by atoms with Gasteiger partial charge in [0.15, 0.2) is 5.71 Å². The van der Waals surface area contributed by atoms with Crippen LogP contribution in [-0.4, -0.2) is 36.0 Å².